The Morgan fingerprint density at radius 2 is 2.00 bits per heavy atom. The fourth-order valence-electron chi connectivity index (χ4n) is 2.69. The first kappa shape index (κ1) is 12.0. The number of allylic oxidation sites excluding steroid dienone is 1. The van der Waals surface area contributed by atoms with Crippen molar-refractivity contribution in [1.82, 2.24) is 9.55 Å². The summed E-state index contributed by atoms with van der Waals surface area (Å²) in [4.78, 5) is 4.74. The Balaban J connectivity index is 2.05. The van der Waals surface area contributed by atoms with E-state index < -0.39 is 0 Å². The van der Waals surface area contributed by atoms with Crippen LogP contribution in [0.1, 0.15) is 5.56 Å². The molecule has 20 heavy (non-hydrogen) atoms. The van der Waals surface area contributed by atoms with Crippen molar-refractivity contribution in [3.05, 3.63) is 58.1 Å². The Morgan fingerprint density at radius 3 is 2.85 bits per heavy atom. The molecule has 1 aliphatic rings. The van der Waals surface area contributed by atoms with E-state index in [0.29, 0.717) is 10.0 Å². The van der Waals surface area contributed by atoms with Crippen LogP contribution in [0.4, 0.5) is 0 Å². The van der Waals surface area contributed by atoms with Crippen LogP contribution in [0.5, 0.6) is 0 Å². The normalized spacial score (nSPS) is 13.1. The quantitative estimate of drug-likeness (QED) is 0.616. The highest BCUT2D eigenvalue weighted by Gasteiger charge is 2.17. The van der Waals surface area contributed by atoms with Gasteiger partial charge in [0.15, 0.2) is 0 Å². The summed E-state index contributed by atoms with van der Waals surface area (Å²) in [5, 5.41) is 1.26. The smallest absolute Gasteiger partial charge is 0.142 e. The molecule has 1 aliphatic heterocycles. The molecule has 2 aromatic carbocycles. The Bertz CT molecular complexity index is 862. The summed E-state index contributed by atoms with van der Waals surface area (Å²) < 4.78 is 2.19. The fourth-order valence-corrected chi connectivity index (χ4v) is 3.18. The maximum Gasteiger partial charge on any atom is 0.142 e. The molecule has 0 radical (unpaired) electrons. The summed E-state index contributed by atoms with van der Waals surface area (Å²) >= 11 is 12.3. The van der Waals surface area contributed by atoms with Gasteiger partial charge in [0.1, 0.15) is 5.82 Å². The zero-order chi connectivity index (χ0) is 13.7. The van der Waals surface area contributed by atoms with Gasteiger partial charge in [0.2, 0.25) is 0 Å². The highest BCUT2D eigenvalue weighted by Crippen LogP contribution is 2.34. The lowest BCUT2D eigenvalue weighted by Crippen LogP contribution is -2.02. The van der Waals surface area contributed by atoms with Gasteiger partial charge in [-0.1, -0.05) is 47.5 Å². The maximum absolute atomic E-state index is 6.32. The molecule has 0 N–H and O–H groups in total. The summed E-state index contributed by atoms with van der Waals surface area (Å²) in [5.41, 5.74) is 4.26. The Kier molecular flexibility index (Phi) is 2.62. The van der Waals surface area contributed by atoms with E-state index in [1.54, 1.807) is 6.07 Å². The molecule has 3 aromatic rings. The number of benzene rings is 2. The Labute approximate surface area is 126 Å². The number of hydrogen-bond acceptors (Lipinski definition) is 1. The summed E-state index contributed by atoms with van der Waals surface area (Å²) in [6.07, 6.45) is 4.27. The zero-order valence-electron chi connectivity index (χ0n) is 10.5. The van der Waals surface area contributed by atoms with Crippen molar-refractivity contribution in [2.24, 2.45) is 0 Å². The van der Waals surface area contributed by atoms with Gasteiger partial charge >= 0.3 is 0 Å². The second-order valence-electron chi connectivity index (χ2n) is 4.79. The first-order valence-corrected chi connectivity index (χ1v) is 7.11. The van der Waals surface area contributed by atoms with Crippen molar-refractivity contribution in [2.45, 2.75) is 6.54 Å². The van der Waals surface area contributed by atoms with Crippen LogP contribution >= 0.6 is 23.2 Å². The van der Waals surface area contributed by atoms with Gasteiger partial charge in [-0.3, -0.25) is 0 Å². The molecule has 0 bridgehead atoms. The average molecular weight is 301 g/mol. The van der Waals surface area contributed by atoms with Gasteiger partial charge in [0, 0.05) is 22.7 Å². The van der Waals surface area contributed by atoms with Crippen molar-refractivity contribution in [2.75, 3.05) is 0 Å². The lowest BCUT2D eigenvalue weighted by atomic mass is 10.1. The highest BCUT2D eigenvalue weighted by atomic mass is 35.5. The van der Waals surface area contributed by atoms with E-state index in [0.717, 1.165) is 29.0 Å². The van der Waals surface area contributed by atoms with Crippen LogP contribution in [0.15, 0.2) is 42.5 Å². The van der Waals surface area contributed by atoms with Crippen molar-refractivity contribution in [3.8, 4) is 11.4 Å². The van der Waals surface area contributed by atoms with Crippen molar-refractivity contribution in [1.29, 1.82) is 0 Å². The molecule has 2 nitrogen and oxygen atoms in total. The Morgan fingerprint density at radius 1 is 1.10 bits per heavy atom. The standard InChI is InChI=1S/C16H10Cl2N2/c17-11-6-7-12(13(18)9-11)16-19-14-5-1-3-10-4-2-8-20(16)15(10)14/h1-7,9H,8H2. The number of halogens is 2. The number of rotatable bonds is 1. The molecule has 0 spiro atoms. The minimum atomic E-state index is 0.625. The predicted octanol–water partition coefficient (Wildman–Crippen LogP) is 5.04. The van der Waals surface area contributed by atoms with Crippen molar-refractivity contribution in [3.63, 3.8) is 0 Å². The molecule has 1 aromatic heterocycles. The lowest BCUT2D eigenvalue weighted by molar-refractivity contribution is 0.855. The first-order valence-electron chi connectivity index (χ1n) is 6.35. The van der Waals surface area contributed by atoms with Crippen LogP contribution in [-0.2, 0) is 6.54 Å². The van der Waals surface area contributed by atoms with Crippen molar-refractivity contribution < 1.29 is 0 Å². The summed E-state index contributed by atoms with van der Waals surface area (Å²) in [5.74, 6) is 0.887. The van der Waals surface area contributed by atoms with Gasteiger partial charge in [0.25, 0.3) is 0 Å². The molecule has 4 heteroatoms. The third kappa shape index (κ3) is 1.69. The molecule has 0 fully saturated rings. The minimum absolute atomic E-state index is 0.625. The lowest BCUT2D eigenvalue weighted by Gasteiger charge is -2.12. The summed E-state index contributed by atoms with van der Waals surface area (Å²) in [7, 11) is 0. The molecular formula is C16H10Cl2N2. The third-order valence-electron chi connectivity index (χ3n) is 3.56. The molecule has 98 valence electrons. The molecule has 0 saturated carbocycles. The van der Waals surface area contributed by atoms with E-state index in [-0.39, 0.29) is 0 Å². The SMILES string of the molecule is Clc1ccc(-c2nc3cccc4c3n2CC=C4)c(Cl)c1. The molecule has 0 aliphatic carbocycles. The minimum Gasteiger partial charge on any atom is -0.320 e. The van der Waals surface area contributed by atoms with E-state index in [2.05, 4.69) is 22.8 Å². The van der Waals surface area contributed by atoms with Crippen LogP contribution in [0.25, 0.3) is 28.5 Å². The second kappa shape index (κ2) is 4.37. The maximum atomic E-state index is 6.32. The number of hydrogen-bond donors (Lipinski definition) is 0. The van der Waals surface area contributed by atoms with Crippen molar-refractivity contribution >= 4 is 40.3 Å². The summed E-state index contributed by atoms with van der Waals surface area (Å²) in [6, 6.07) is 11.7. The highest BCUT2D eigenvalue weighted by molar-refractivity contribution is 6.36. The number of para-hydroxylation sites is 1. The van der Waals surface area contributed by atoms with Crippen LogP contribution < -0.4 is 0 Å². The predicted molar refractivity (Wildman–Crippen MR) is 84.2 cm³/mol. The largest absolute Gasteiger partial charge is 0.320 e. The average Bonchev–Trinajstić information content (AvgIpc) is 2.80. The van der Waals surface area contributed by atoms with Gasteiger partial charge in [-0.15, -0.1) is 0 Å². The van der Waals surface area contributed by atoms with Gasteiger partial charge in [0.05, 0.1) is 16.1 Å². The second-order valence-corrected chi connectivity index (χ2v) is 5.63. The van der Waals surface area contributed by atoms with Crippen LogP contribution in [0, 0.1) is 0 Å². The number of aromatic nitrogens is 2. The van der Waals surface area contributed by atoms with Gasteiger partial charge in [-0.05, 0) is 24.3 Å². The van der Waals surface area contributed by atoms with Gasteiger partial charge in [-0.25, -0.2) is 4.98 Å². The van der Waals surface area contributed by atoms with Crippen LogP contribution in [0.3, 0.4) is 0 Å². The monoisotopic (exact) mass is 300 g/mol. The van der Waals surface area contributed by atoms with Gasteiger partial charge < -0.3 is 4.57 Å². The summed E-state index contributed by atoms with van der Waals surface area (Å²) in [6.45, 7) is 0.807. The van der Waals surface area contributed by atoms with E-state index in [9.17, 15) is 0 Å². The van der Waals surface area contributed by atoms with E-state index >= 15 is 0 Å². The fraction of sp³-hybridized carbons (Fsp3) is 0.0625. The molecule has 0 atom stereocenters. The molecule has 0 saturated heterocycles. The Hall–Kier alpha value is -1.77. The first-order chi connectivity index (χ1) is 9.74. The van der Waals surface area contributed by atoms with E-state index in [1.807, 2.05) is 24.3 Å². The molecule has 0 unspecified atom stereocenters. The number of nitrogens with zero attached hydrogens (tertiary/aromatic N) is 2. The molecule has 4 rings (SSSR count). The zero-order valence-corrected chi connectivity index (χ0v) is 12.0. The van der Waals surface area contributed by atoms with E-state index in [4.69, 9.17) is 28.2 Å². The molecule has 2 heterocycles. The van der Waals surface area contributed by atoms with E-state index in [1.165, 1.54) is 5.56 Å². The topological polar surface area (TPSA) is 17.8 Å². The van der Waals surface area contributed by atoms with Crippen LogP contribution in [-0.4, -0.2) is 9.55 Å². The molecule has 0 amide bonds. The molecular weight excluding hydrogens is 291 g/mol. The van der Waals surface area contributed by atoms with Crippen LogP contribution in [0.2, 0.25) is 10.0 Å². The number of imidazole rings is 1. The third-order valence-corrected chi connectivity index (χ3v) is 4.10. The van der Waals surface area contributed by atoms with Gasteiger partial charge in [-0.2, -0.15) is 0 Å².